The molecule has 1 amide bonds. The molecule has 1 aliphatic rings. The number of aryl methyl sites for hydroxylation is 1. The SMILES string of the molecule is Cc1nc([C@@H]2CCCN2C(=O)O)n(CCN(C)C)c1C. The van der Waals surface area contributed by atoms with Gasteiger partial charge in [-0.15, -0.1) is 0 Å². The number of likely N-dealkylation sites (N-methyl/N-ethyl adjacent to an activating group) is 1. The standard InChI is InChI=1S/C14H24N4O2/c1-10-11(2)17(9-8-16(3)4)13(15-10)12-6-5-7-18(12)14(19)20/h12H,5-9H2,1-4H3,(H,19,20)/t12-/m0/s1. The van der Waals surface area contributed by atoms with Crippen LogP contribution < -0.4 is 0 Å². The molecule has 0 aromatic carbocycles. The van der Waals surface area contributed by atoms with E-state index in [-0.39, 0.29) is 6.04 Å². The van der Waals surface area contributed by atoms with Gasteiger partial charge in [0.25, 0.3) is 0 Å². The van der Waals surface area contributed by atoms with Crippen LogP contribution in [0.5, 0.6) is 0 Å². The second-order valence-corrected chi connectivity index (χ2v) is 5.73. The molecule has 0 spiro atoms. The van der Waals surface area contributed by atoms with Crippen molar-refractivity contribution in [2.24, 2.45) is 0 Å². The van der Waals surface area contributed by atoms with E-state index in [1.54, 1.807) is 0 Å². The molecule has 0 aliphatic carbocycles. The highest BCUT2D eigenvalue weighted by atomic mass is 16.4. The second kappa shape index (κ2) is 5.83. The Morgan fingerprint density at radius 2 is 2.15 bits per heavy atom. The van der Waals surface area contributed by atoms with Crippen molar-refractivity contribution in [1.29, 1.82) is 0 Å². The highest BCUT2D eigenvalue weighted by molar-refractivity contribution is 5.66. The zero-order valence-electron chi connectivity index (χ0n) is 12.8. The Morgan fingerprint density at radius 1 is 1.45 bits per heavy atom. The number of amides is 1. The number of carbonyl (C=O) groups is 1. The van der Waals surface area contributed by atoms with Crippen molar-refractivity contribution >= 4 is 6.09 Å². The Kier molecular flexibility index (Phi) is 4.32. The zero-order valence-corrected chi connectivity index (χ0v) is 12.8. The molecule has 1 N–H and O–H groups in total. The van der Waals surface area contributed by atoms with Crippen LogP contribution in [-0.4, -0.2) is 57.7 Å². The van der Waals surface area contributed by atoms with Gasteiger partial charge in [0.2, 0.25) is 0 Å². The third kappa shape index (κ3) is 2.80. The summed E-state index contributed by atoms with van der Waals surface area (Å²) in [5.74, 6) is 0.904. The molecule has 1 aromatic rings. The minimum Gasteiger partial charge on any atom is -0.465 e. The third-order valence-corrected chi connectivity index (χ3v) is 4.05. The quantitative estimate of drug-likeness (QED) is 0.914. The lowest BCUT2D eigenvalue weighted by molar-refractivity contribution is 0.137. The number of hydrogen-bond acceptors (Lipinski definition) is 3. The lowest BCUT2D eigenvalue weighted by atomic mass is 10.2. The maximum atomic E-state index is 11.3. The van der Waals surface area contributed by atoms with Crippen molar-refractivity contribution in [1.82, 2.24) is 19.4 Å². The average molecular weight is 280 g/mol. The van der Waals surface area contributed by atoms with Gasteiger partial charge in [0.05, 0.1) is 11.7 Å². The first-order chi connectivity index (χ1) is 9.41. The number of hydrogen-bond donors (Lipinski definition) is 1. The van der Waals surface area contributed by atoms with Gasteiger partial charge >= 0.3 is 6.09 Å². The predicted molar refractivity (Wildman–Crippen MR) is 77.0 cm³/mol. The molecule has 1 fully saturated rings. The van der Waals surface area contributed by atoms with Gasteiger partial charge in [-0.25, -0.2) is 9.78 Å². The maximum Gasteiger partial charge on any atom is 0.407 e. The number of nitrogens with zero attached hydrogens (tertiary/aromatic N) is 4. The van der Waals surface area contributed by atoms with Gasteiger partial charge in [-0.2, -0.15) is 0 Å². The van der Waals surface area contributed by atoms with Crippen LogP contribution in [0.4, 0.5) is 4.79 Å². The summed E-state index contributed by atoms with van der Waals surface area (Å²) in [5, 5.41) is 9.31. The highest BCUT2D eigenvalue weighted by Crippen LogP contribution is 2.32. The van der Waals surface area contributed by atoms with Gasteiger partial charge in [-0.3, -0.25) is 4.90 Å². The lowest BCUT2D eigenvalue weighted by Gasteiger charge is -2.23. The molecule has 0 radical (unpaired) electrons. The zero-order chi connectivity index (χ0) is 14.9. The summed E-state index contributed by atoms with van der Waals surface area (Å²) in [6.45, 7) is 6.42. The minimum absolute atomic E-state index is 0.0953. The maximum absolute atomic E-state index is 11.3. The molecule has 0 saturated carbocycles. The molecule has 6 heteroatoms. The van der Waals surface area contributed by atoms with Gasteiger partial charge in [0, 0.05) is 25.3 Å². The highest BCUT2D eigenvalue weighted by Gasteiger charge is 2.33. The first-order valence-corrected chi connectivity index (χ1v) is 7.09. The Morgan fingerprint density at radius 3 is 2.75 bits per heavy atom. The molecule has 1 saturated heterocycles. The topological polar surface area (TPSA) is 61.6 Å². The average Bonchev–Trinajstić information content (AvgIpc) is 2.94. The molecule has 1 aromatic heterocycles. The largest absolute Gasteiger partial charge is 0.465 e. The first kappa shape index (κ1) is 14.8. The Labute approximate surface area is 120 Å². The van der Waals surface area contributed by atoms with Gasteiger partial charge in [0.15, 0.2) is 0 Å². The minimum atomic E-state index is -0.843. The summed E-state index contributed by atoms with van der Waals surface area (Å²) in [6, 6.07) is -0.0953. The summed E-state index contributed by atoms with van der Waals surface area (Å²) < 4.78 is 2.18. The molecule has 112 valence electrons. The van der Waals surface area contributed by atoms with E-state index in [1.165, 1.54) is 4.90 Å². The van der Waals surface area contributed by atoms with Crippen molar-refractivity contribution < 1.29 is 9.90 Å². The molecule has 20 heavy (non-hydrogen) atoms. The smallest absolute Gasteiger partial charge is 0.407 e. The summed E-state index contributed by atoms with van der Waals surface area (Å²) in [5.41, 5.74) is 2.13. The molecular weight excluding hydrogens is 256 g/mol. The van der Waals surface area contributed by atoms with Crippen molar-refractivity contribution in [2.75, 3.05) is 27.2 Å². The van der Waals surface area contributed by atoms with Crippen molar-refractivity contribution in [3.8, 4) is 0 Å². The van der Waals surface area contributed by atoms with Gasteiger partial charge in [0.1, 0.15) is 5.82 Å². The molecule has 1 aliphatic heterocycles. The van der Waals surface area contributed by atoms with Crippen LogP contribution in [0.3, 0.4) is 0 Å². The number of aromatic nitrogens is 2. The lowest BCUT2D eigenvalue weighted by Crippen LogP contribution is -2.31. The monoisotopic (exact) mass is 280 g/mol. The van der Waals surface area contributed by atoms with E-state index in [2.05, 4.69) is 21.4 Å². The summed E-state index contributed by atoms with van der Waals surface area (Å²) in [4.78, 5) is 19.6. The fourth-order valence-corrected chi connectivity index (χ4v) is 2.78. The van der Waals surface area contributed by atoms with E-state index in [0.29, 0.717) is 6.54 Å². The number of rotatable bonds is 4. The van der Waals surface area contributed by atoms with E-state index in [4.69, 9.17) is 0 Å². The predicted octanol–water partition coefficient (Wildman–Crippen LogP) is 1.88. The molecule has 2 heterocycles. The van der Waals surface area contributed by atoms with Crippen molar-refractivity contribution in [3.05, 3.63) is 17.2 Å². The Bertz CT molecular complexity index is 496. The van der Waals surface area contributed by atoms with Crippen LogP contribution >= 0.6 is 0 Å². The van der Waals surface area contributed by atoms with Crippen LogP contribution in [0.1, 0.15) is 36.1 Å². The molecule has 0 bridgehead atoms. The van der Waals surface area contributed by atoms with Gasteiger partial charge < -0.3 is 14.6 Å². The van der Waals surface area contributed by atoms with E-state index < -0.39 is 6.09 Å². The Hall–Kier alpha value is -1.56. The van der Waals surface area contributed by atoms with Crippen LogP contribution in [-0.2, 0) is 6.54 Å². The van der Waals surface area contributed by atoms with E-state index >= 15 is 0 Å². The fraction of sp³-hybridized carbons (Fsp3) is 0.714. The molecular formula is C14H24N4O2. The molecule has 6 nitrogen and oxygen atoms in total. The van der Waals surface area contributed by atoms with Crippen molar-refractivity contribution in [3.63, 3.8) is 0 Å². The number of imidazole rings is 1. The molecule has 0 unspecified atom stereocenters. The van der Waals surface area contributed by atoms with Crippen LogP contribution in [0, 0.1) is 13.8 Å². The molecule has 2 rings (SSSR count). The summed E-state index contributed by atoms with van der Waals surface area (Å²) in [6.07, 6.45) is 0.935. The fourth-order valence-electron chi connectivity index (χ4n) is 2.78. The van der Waals surface area contributed by atoms with Crippen LogP contribution in [0.25, 0.3) is 0 Å². The third-order valence-electron chi connectivity index (χ3n) is 4.05. The van der Waals surface area contributed by atoms with Crippen LogP contribution in [0.15, 0.2) is 0 Å². The Balaban J connectivity index is 2.30. The van der Waals surface area contributed by atoms with Gasteiger partial charge in [-0.1, -0.05) is 0 Å². The second-order valence-electron chi connectivity index (χ2n) is 5.73. The number of carboxylic acid groups (broad SMARTS) is 1. The van der Waals surface area contributed by atoms with Crippen LogP contribution in [0.2, 0.25) is 0 Å². The summed E-state index contributed by atoms with van der Waals surface area (Å²) >= 11 is 0. The summed E-state index contributed by atoms with van der Waals surface area (Å²) in [7, 11) is 4.08. The van der Waals surface area contributed by atoms with E-state index in [1.807, 2.05) is 21.0 Å². The van der Waals surface area contributed by atoms with Gasteiger partial charge in [-0.05, 0) is 40.8 Å². The van der Waals surface area contributed by atoms with E-state index in [9.17, 15) is 9.90 Å². The first-order valence-electron chi connectivity index (χ1n) is 7.09. The normalized spacial score (nSPS) is 19.1. The van der Waals surface area contributed by atoms with E-state index in [0.717, 1.165) is 43.1 Å². The van der Waals surface area contributed by atoms with Crippen molar-refractivity contribution in [2.45, 2.75) is 39.3 Å². The molecule has 1 atom stereocenters. The number of likely N-dealkylation sites (tertiary alicyclic amines) is 1.